The maximum absolute atomic E-state index is 12.5. The fraction of sp³-hybridized carbons (Fsp3) is 0.250. The Balaban J connectivity index is 5.07. The molecule has 0 aromatic rings. The summed E-state index contributed by atoms with van der Waals surface area (Å²) in [6.45, 7) is 0. The van der Waals surface area contributed by atoms with Crippen LogP contribution in [-0.2, 0) is 0 Å². The average Bonchev–Trinajstić information content (AvgIpc) is 2.05. The summed E-state index contributed by atoms with van der Waals surface area (Å²) in [6, 6.07) is 1.08. The van der Waals surface area contributed by atoms with Crippen molar-refractivity contribution in [3.05, 3.63) is 0 Å². The van der Waals surface area contributed by atoms with E-state index in [4.69, 9.17) is 10.5 Å². The van der Waals surface area contributed by atoms with Crippen molar-refractivity contribution in [2.75, 3.05) is 0 Å². The van der Waals surface area contributed by atoms with Crippen molar-refractivity contribution in [2.45, 2.75) is 5.79 Å². The van der Waals surface area contributed by atoms with Crippen LogP contribution in [0.25, 0.3) is 0 Å². The first kappa shape index (κ1) is 10.3. The normalized spacial score (nSPS) is 16.4. The van der Waals surface area contributed by atoms with E-state index >= 15 is 0 Å². The van der Waals surface area contributed by atoms with Gasteiger partial charge in [0.25, 0.3) is 0 Å². The predicted molar refractivity (Wildman–Crippen MR) is 27.7 cm³/mol. The third-order valence-corrected chi connectivity index (χ3v) is 0.885. The molecule has 64 valence electrons. The summed E-state index contributed by atoms with van der Waals surface area (Å²) in [5.74, 6) is -4.12. The van der Waals surface area contributed by atoms with Crippen LogP contribution in [0.3, 0.4) is 0 Å². The van der Waals surface area contributed by atoms with E-state index in [0.29, 0.717) is 12.1 Å². The molecule has 0 aliphatic rings. The Bertz CT molecular complexity index is 274. The van der Waals surface area contributed by atoms with E-state index in [1.165, 1.54) is 5.21 Å². The first-order valence-corrected chi connectivity index (χ1v) is 2.34. The van der Waals surface area contributed by atoms with Gasteiger partial charge in [0.05, 0.1) is 5.34 Å². The first-order chi connectivity index (χ1) is 5.52. The van der Waals surface area contributed by atoms with Gasteiger partial charge in [-0.25, -0.2) is 0 Å². The third-order valence-electron chi connectivity index (χ3n) is 0.885. The minimum absolute atomic E-state index is 0.396. The molecule has 0 rings (SSSR count). The molecule has 0 saturated heterocycles. The van der Waals surface area contributed by atoms with Gasteiger partial charge in [0, 0.05) is 0 Å². The van der Waals surface area contributed by atoms with Crippen LogP contribution in [0.2, 0.25) is 0 Å². The fourth-order valence-corrected chi connectivity index (χ4v) is 0.320. The van der Waals surface area contributed by atoms with Gasteiger partial charge in [-0.2, -0.15) is 14.9 Å². The minimum Gasteiger partial charge on any atom is -0.195 e. The second-order valence-electron chi connectivity index (χ2n) is 1.51. The van der Waals surface area contributed by atoms with Gasteiger partial charge < -0.3 is 0 Å². The van der Waals surface area contributed by atoms with Gasteiger partial charge in [0.15, 0.2) is 0 Å². The van der Waals surface area contributed by atoms with Crippen molar-refractivity contribution < 1.29 is 17.8 Å². The molecular formula is C4F4N4. The largest absolute Gasteiger partial charge is 0.359 e. The lowest BCUT2D eigenvalue weighted by molar-refractivity contribution is -0.228. The van der Waals surface area contributed by atoms with Crippen LogP contribution in [-0.4, -0.2) is 16.8 Å². The van der Waals surface area contributed by atoms with Gasteiger partial charge in [-0.05, 0) is 0 Å². The van der Waals surface area contributed by atoms with Crippen molar-refractivity contribution in [1.82, 2.24) is 5.34 Å². The lowest BCUT2D eigenvalue weighted by Crippen LogP contribution is -2.41. The SMILES string of the molecule is N#C/C(=N\F)C(F)(C#N)N(F)F. The van der Waals surface area contributed by atoms with Crippen LogP contribution in [0.1, 0.15) is 0 Å². The van der Waals surface area contributed by atoms with Crippen LogP contribution in [0, 0.1) is 22.7 Å². The molecule has 0 spiro atoms. The Morgan fingerprint density at radius 2 is 1.92 bits per heavy atom. The molecule has 0 saturated carbocycles. The zero-order chi connectivity index (χ0) is 9.78. The second-order valence-corrected chi connectivity index (χ2v) is 1.51. The van der Waals surface area contributed by atoms with Crippen LogP contribution in [0.4, 0.5) is 17.8 Å². The van der Waals surface area contributed by atoms with E-state index in [1.807, 2.05) is 0 Å². The van der Waals surface area contributed by atoms with Crippen molar-refractivity contribution in [1.29, 1.82) is 10.5 Å². The highest BCUT2D eigenvalue weighted by atomic mass is 19.4. The van der Waals surface area contributed by atoms with Gasteiger partial charge in [-0.15, -0.1) is 0 Å². The predicted octanol–water partition coefficient (Wildman–Crippen LogP) is 1.10. The zero-order valence-corrected chi connectivity index (χ0v) is 5.30. The van der Waals surface area contributed by atoms with Gasteiger partial charge in [-0.3, -0.25) is 0 Å². The summed E-state index contributed by atoms with van der Waals surface area (Å²) in [5, 5.41) is 14.9. The Morgan fingerprint density at radius 3 is 2.00 bits per heavy atom. The lowest BCUT2D eigenvalue weighted by Gasteiger charge is -2.12. The van der Waals surface area contributed by atoms with E-state index in [2.05, 4.69) is 0 Å². The molecule has 0 bridgehead atoms. The number of rotatable bonds is 2. The molecule has 0 aliphatic carbocycles. The molecule has 12 heavy (non-hydrogen) atoms. The number of hydrogen-bond acceptors (Lipinski definition) is 4. The van der Waals surface area contributed by atoms with E-state index in [1.54, 1.807) is 0 Å². The van der Waals surface area contributed by atoms with Gasteiger partial charge >= 0.3 is 5.79 Å². The molecule has 0 aromatic carbocycles. The van der Waals surface area contributed by atoms with Crippen LogP contribution in [0.5, 0.6) is 0 Å². The topological polar surface area (TPSA) is 63.2 Å². The quantitative estimate of drug-likeness (QED) is 0.276. The summed E-state index contributed by atoms with van der Waals surface area (Å²) in [4.78, 5) is 0. The number of nitriles is 2. The Morgan fingerprint density at radius 1 is 1.42 bits per heavy atom. The summed E-state index contributed by atoms with van der Waals surface area (Å²) >= 11 is 0. The molecule has 8 heteroatoms. The monoisotopic (exact) mass is 180 g/mol. The molecule has 4 nitrogen and oxygen atoms in total. The maximum Gasteiger partial charge on any atom is 0.359 e. The molecule has 1 atom stereocenters. The Labute approximate surface area is 63.7 Å². The Kier molecular flexibility index (Phi) is 3.14. The first-order valence-electron chi connectivity index (χ1n) is 2.34. The summed E-state index contributed by atoms with van der Waals surface area (Å²) in [6.07, 6.45) is 0. The molecule has 1 unspecified atom stereocenters. The second kappa shape index (κ2) is 3.64. The number of halogens is 4. The van der Waals surface area contributed by atoms with Gasteiger partial charge in [0.2, 0.25) is 5.71 Å². The highest BCUT2D eigenvalue weighted by Crippen LogP contribution is 2.20. The Hall–Kier alpha value is -1.67. The van der Waals surface area contributed by atoms with Crippen LogP contribution in [0.15, 0.2) is 5.21 Å². The van der Waals surface area contributed by atoms with Crippen molar-refractivity contribution in [2.24, 2.45) is 5.21 Å². The standard InChI is InChI=1S/C4F4N4/c5-4(2-10,12(7)8)3(1-9)11-6/b11-3+. The molecule has 0 fully saturated rings. The van der Waals surface area contributed by atoms with Crippen LogP contribution < -0.4 is 0 Å². The minimum atomic E-state index is -4.12. The number of hydrogen-bond donors (Lipinski definition) is 0. The number of alkyl halides is 1. The van der Waals surface area contributed by atoms with Crippen molar-refractivity contribution in [3.63, 3.8) is 0 Å². The van der Waals surface area contributed by atoms with E-state index < -0.39 is 16.8 Å². The van der Waals surface area contributed by atoms with E-state index in [-0.39, 0.29) is 0 Å². The average molecular weight is 180 g/mol. The van der Waals surface area contributed by atoms with E-state index in [9.17, 15) is 17.8 Å². The fourth-order valence-electron chi connectivity index (χ4n) is 0.320. The summed E-state index contributed by atoms with van der Waals surface area (Å²) < 4.78 is 46.9. The van der Waals surface area contributed by atoms with E-state index in [0.717, 1.165) is 0 Å². The molecule has 0 heterocycles. The molecule has 0 aromatic heterocycles. The lowest BCUT2D eigenvalue weighted by atomic mass is 10.2. The van der Waals surface area contributed by atoms with Crippen LogP contribution >= 0.6 is 0 Å². The van der Waals surface area contributed by atoms with Crippen molar-refractivity contribution >= 4 is 5.71 Å². The molecule has 0 amide bonds. The third kappa shape index (κ3) is 1.49. The van der Waals surface area contributed by atoms with Gasteiger partial charge in [-0.1, -0.05) is 18.7 Å². The van der Waals surface area contributed by atoms with Crippen molar-refractivity contribution in [3.8, 4) is 12.1 Å². The molecule has 0 radical (unpaired) electrons. The maximum atomic E-state index is 12.5. The highest BCUT2D eigenvalue weighted by molar-refractivity contribution is 6.05. The highest BCUT2D eigenvalue weighted by Gasteiger charge is 2.46. The number of nitrogens with zero attached hydrogens (tertiary/aromatic N) is 4. The smallest absolute Gasteiger partial charge is 0.195 e. The summed E-state index contributed by atoms with van der Waals surface area (Å²) in [5.41, 5.74) is -1.85. The summed E-state index contributed by atoms with van der Waals surface area (Å²) in [7, 11) is 0. The molecule has 0 N–H and O–H groups in total. The molecule has 0 aliphatic heterocycles. The molecular weight excluding hydrogens is 180 g/mol. The van der Waals surface area contributed by atoms with Gasteiger partial charge in [0.1, 0.15) is 12.1 Å². The zero-order valence-electron chi connectivity index (χ0n) is 5.30.